The van der Waals surface area contributed by atoms with Crippen molar-refractivity contribution in [2.45, 2.75) is 51.6 Å². The average molecular weight is 484 g/mol. The molecule has 36 heavy (non-hydrogen) atoms. The van der Waals surface area contributed by atoms with Crippen LogP contribution in [0.5, 0.6) is 0 Å². The Labute approximate surface area is 210 Å². The van der Waals surface area contributed by atoms with Crippen LogP contribution in [0.4, 0.5) is 5.69 Å². The number of anilines is 1. The summed E-state index contributed by atoms with van der Waals surface area (Å²) in [5.41, 5.74) is 5.02. The lowest BCUT2D eigenvalue weighted by atomic mass is 9.99. The minimum absolute atomic E-state index is 0.0624. The van der Waals surface area contributed by atoms with E-state index in [4.69, 9.17) is 0 Å². The molecule has 2 aliphatic rings. The van der Waals surface area contributed by atoms with Crippen molar-refractivity contribution < 1.29 is 0 Å². The molecule has 0 amide bonds. The van der Waals surface area contributed by atoms with Gasteiger partial charge in [-0.05, 0) is 66.4 Å². The maximum absolute atomic E-state index is 13.6. The SMILES string of the molecule is Cc1ccc(C)c2[nH]c(=O)c([C@H](c3nnnn3C3CCCC3)N3CCN(c4ccccc4)CC3)cc12. The van der Waals surface area contributed by atoms with Gasteiger partial charge in [0.05, 0.1) is 11.6 Å². The molecule has 186 valence electrons. The van der Waals surface area contributed by atoms with Crippen LogP contribution in [0.1, 0.15) is 60.3 Å². The largest absolute Gasteiger partial charge is 0.369 e. The zero-order valence-corrected chi connectivity index (χ0v) is 21.0. The standard InChI is InChI=1S/C28H33N7O/c1-19-12-13-20(2)25-23(19)18-24(28(36)29-25)26(27-30-31-32-35(27)22-10-6-7-11-22)34-16-14-33(15-17-34)21-8-4-3-5-9-21/h3-5,8-9,12-13,18,22,26H,6-7,10-11,14-17H2,1-2H3,(H,29,36)/t26-/m1/s1. The highest BCUT2D eigenvalue weighted by Crippen LogP contribution is 2.35. The van der Waals surface area contributed by atoms with E-state index in [1.807, 2.05) is 17.7 Å². The van der Waals surface area contributed by atoms with Gasteiger partial charge in [-0.25, -0.2) is 4.68 Å². The van der Waals surface area contributed by atoms with E-state index in [1.54, 1.807) is 0 Å². The Hall–Kier alpha value is -3.52. The number of tetrazole rings is 1. The number of nitrogens with one attached hydrogen (secondary N) is 1. The van der Waals surface area contributed by atoms with Crippen molar-refractivity contribution in [1.82, 2.24) is 30.1 Å². The quantitative estimate of drug-likeness (QED) is 0.459. The Kier molecular flexibility index (Phi) is 6.05. The minimum Gasteiger partial charge on any atom is -0.369 e. The molecule has 1 atom stereocenters. The van der Waals surface area contributed by atoms with E-state index in [2.05, 4.69) is 79.7 Å². The van der Waals surface area contributed by atoms with Crippen molar-refractivity contribution in [2.24, 2.45) is 0 Å². The molecule has 2 fully saturated rings. The van der Waals surface area contributed by atoms with Crippen molar-refractivity contribution in [3.05, 3.63) is 81.4 Å². The van der Waals surface area contributed by atoms with Crippen LogP contribution in [0.3, 0.4) is 0 Å². The molecule has 1 N–H and O–H groups in total. The smallest absolute Gasteiger partial charge is 0.253 e. The number of aryl methyl sites for hydroxylation is 2. The molecule has 0 bridgehead atoms. The van der Waals surface area contributed by atoms with E-state index in [-0.39, 0.29) is 11.6 Å². The number of pyridine rings is 1. The predicted molar refractivity (Wildman–Crippen MR) is 141 cm³/mol. The highest BCUT2D eigenvalue weighted by atomic mass is 16.1. The van der Waals surface area contributed by atoms with E-state index >= 15 is 0 Å². The van der Waals surface area contributed by atoms with Gasteiger partial charge in [0.2, 0.25) is 0 Å². The van der Waals surface area contributed by atoms with Gasteiger partial charge in [0.15, 0.2) is 5.82 Å². The summed E-state index contributed by atoms with van der Waals surface area (Å²) in [6, 6.07) is 16.8. The van der Waals surface area contributed by atoms with Gasteiger partial charge in [-0.2, -0.15) is 0 Å². The monoisotopic (exact) mass is 483 g/mol. The zero-order chi connectivity index (χ0) is 24.6. The first-order chi connectivity index (χ1) is 17.6. The van der Waals surface area contributed by atoms with Gasteiger partial charge in [-0.1, -0.05) is 43.2 Å². The summed E-state index contributed by atoms with van der Waals surface area (Å²) in [6.07, 6.45) is 4.55. The summed E-state index contributed by atoms with van der Waals surface area (Å²) < 4.78 is 2.01. The van der Waals surface area contributed by atoms with Gasteiger partial charge in [-0.3, -0.25) is 9.69 Å². The van der Waals surface area contributed by atoms with Crippen LogP contribution in [0.2, 0.25) is 0 Å². The summed E-state index contributed by atoms with van der Waals surface area (Å²) in [7, 11) is 0. The molecule has 1 aliphatic heterocycles. The molecule has 1 saturated carbocycles. The van der Waals surface area contributed by atoms with Crippen molar-refractivity contribution in [3.63, 3.8) is 0 Å². The first-order valence-corrected chi connectivity index (χ1v) is 13.0. The molecule has 6 rings (SSSR count). The molecule has 8 heteroatoms. The highest BCUT2D eigenvalue weighted by Gasteiger charge is 2.35. The number of nitrogens with zero attached hydrogens (tertiary/aromatic N) is 6. The zero-order valence-electron chi connectivity index (χ0n) is 21.0. The third-order valence-electron chi connectivity index (χ3n) is 8.00. The number of piperazine rings is 1. The van der Waals surface area contributed by atoms with Gasteiger partial charge in [0, 0.05) is 42.8 Å². The van der Waals surface area contributed by atoms with Gasteiger partial charge in [0.1, 0.15) is 6.04 Å². The van der Waals surface area contributed by atoms with Gasteiger partial charge in [-0.15, -0.1) is 5.10 Å². The summed E-state index contributed by atoms with van der Waals surface area (Å²) in [5, 5.41) is 14.2. The summed E-state index contributed by atoms with van der Waals surface area (Å²) in [5.74, 6) is 0.783. The lowest BCUT2D eigenvalue weighted by molar-refractivity contribution is 0.197. The molecule has 3 heterocycles. The van der Waals surface area contributed by atoms with Crippen LogP contribution in [0.25, 0.3) is 10.9 Å². The Bertz CT molecular complexity index is 1410. The molecular formula is C28H33N7O. The van der Waals surface area contributed by atoms with Gasteiger partial charge < -0.3 is 9.88 Å². The molecule has 1 aliphatic carbocycles. The van der Waals surface area contributed by atoms with E-state index in [9.17, 15) is 4.79 Å². The van der Waals surface area contributed by atoms with Gasteiger partial charge >= 0.3 is 0 Å². The summed E-state index contributed by atoms with van der Waals surface area (Å²) in [4.78, 5) is 21.6. The van der Waals surface area contributed by atoms with Crippen LogP contribution < -0.4 is 10.5 Å². The highest BCUT2D eigenvalue weighted by molar-refractivity contribution is 5.85. The molecule has 1 saturated heterocycles. The first kappa shape index (κ1) is 22.9. The lowest BCUT2D eigenvalue weighted by Gasteiger charge is -2.39. The fraction of sp³-hybridized carbons (Fsp3) is 0.429. The Morgan fingerprint density at radius 2 is 1.67 bits per heavy atom. The van der Waals surface area contributed by atoms with E-state index in [1.165, 1.54) is 18.5 Å². The molecule has 0 spiro atoms. The molecule has 4 aromatic rings. The summed E-state index contributed by atoms with van der Waals surface area (Å²) >= 11 is 0. The average Bonchev–Trinajstić information content (AvgIpc) is 3.61. The fourth-order valence-corrected chi connectivity index (χ4v) is 5.96. The van der Waals surface area contributed by atoms with Crippen molar-refractivity contribution in [1.29, 1.82) is 0 Å². The first-order valence-electron chi connectivity index (χ1n) is 13.0. The second kappa shape index (κ2) is 9.50. The molecule has 8 nitrogen and oxygen atoms in total. The minimum atomic E-state index is -0.299. The fourth-order valence-electron chi connectivity index (χ4n) is 5.96. The second-order valence-corrected chi connectivity index (χ2v) is 10.2. The molecule has 0 unspecified atom stereocenters. The van der Waals surface area contributed by atoms with E-state index < -0.39 is 0 Å². The number of benzene rings is 2. The lowest BCUT2D eigenvalue weighted by Crippen LogP contribution is -2.49. The maximum Gasteiger partial charge on any atom is 0.253 e. The van der Waals surface area contributed by atoms with Crippen molar-refractivity contribution in [3.8, 4) is 0 Å². The normalized spacial score (nSPS) is 18.2. The van der Waals surface area contributed by atoms with Crippen LogP contribution in [0.15, 0.2) is 53.3 Å². The number of hydrogen-bond acceptors (Lipinski definition) is 6. The van der Waals surface area contributed by atoms with E-state index in [0.717, 1.165) is 72.4 Å². The van der Waals surface area contributed by atoms with Crippen molar-refractivity contribution >= 4 is 16.6 Å². The van der Waals surface area contributed by atoms with Crippen LogP contribution in [-0.4, -0.2) is 56.3 Å². The Morgan fingerprint density at radius 3 is 2.42 bits per heavy atom. The molecule has 2 aromatic carbocycles. The van der Waals surface area contributed by atoms with Gasteiger partial charge in [0.25, 0.3) is 5.56 Å². The van der Waals surface area contributed by atoms with Crippen LogP contribution in [-0.2, 0) is 0 Å². The third-order valence-corrected chi connectivity index (χ3v) is 8.00. The second-order valence-electron chi connectivity index (χ2n) is 10.2. The predicted octanol–water partition coefficient (Wildman–Crippen LogP) is 4.16. The molecular weight excluding hydrogens is 450 g/mol. The topological polar surface area (TPSA) is 82.9 Å². The molecule has 2 aromatic heterocycles. The number of rotatable bonds is 5. The van der Waals surface area contributed by atoms with Crippen LogP contribution in [0, 0.1) is 13.8 Å². The van der Waals surface area contributed by atoms with Crippen molar-refractivity contribution in [2.75, 3.05) is 31.1 Å². The number of H-pyrrole nitrogens is 1. The number of para-hydroxylation sites is 1. The van der Waals surface area contributed by atoms with Crippen LogP contribution >= 0.6 is 0 Å². The summed E-state index contributed by atoms with van der Waals surface area (Å²) in [6.45, 7) is 7.55. The Morgan fingerprint density at radius 1 is 0.944 bits per heavy atom. The number of aromatic nitrogens is 5. The van der Waals surface area contributed by atoms with E-state index in [0.29, 0.717) is 6.04 Å². The third kappa shape index (κ3) is 4.09. The Balaban J connectivity index is 1.42. The number of hydrogen-bond donors (Lipinski definition) is 1. The number of fused-ring (bicyclic) bond motifs is 1. The number of aromatic amines is 1. The maximum atomic E-state index is 13.6. The molecule has 0 radical (unpaired) electrons.